The van der Waals surface area contributed by atoms with Crippen molar-refractivity contribution >= 4 is 66.4 Å². The van der Waals surface area contributed by atoms with Crippen LogP contribution < -0.4 is 19.3 Å². The molecule has 328 valence electrons. The molecule has 2 heterocycles. The minimum absolute atomic E-state index is 0.769. The van der Waals surface area contributed by atoms with E-state index in [4.69, 9.17) is 9.47 Å². The van der Waals surface area contributed by atoms with Gasteiger partial charge in [0.2, 0.25) is 0 Å². The van der Waals surface area contributed by atoms with E-state index in [1.54, 1.807) is 0 Å². The first kappa shape index (κ1) is 39.8. The van der Waals surface area contributed by atoms with Gasteiger partial charge in [-0.2, -0.15) is 0 Å². The lowest BCUT2D eigenvalue weighted by molar-refractivity contribution is 0.446. The van der Waals surface area contributed by atoms with Crippen LogP contribution in [-0.4, -0.2) is 0 Å². The third-order valence-corrected chi connectivity index (χ3v) is 14.0. The smallest absolute Gasteiger partial charge is 0.156 e. The fourth-order valence-corrected chi connectivity index (χ4v) is 10.6. The lowest BCUT2D eigenvalue weighted by Crippen LogP contribution is -2.20. The van der Waals surface area contributed by atoms with Crippen LogP contribution in [0.1, 0.15) is 0 Å². The molecule has 0 spiro atoms. The third-order valence-electron chi connectivity index (χ3n) is 14.0. The zero-order valence-corrected chi connectivity index (χ0v) is 38.0. The Hall–Kier alpha value is -9.38. The molecule has 14 rings (SSSR count). The molecule has 0 amide bonds. The van der Waals surface area contributed by atoms with Gasteiger partial charge in [0, 0.05) is 17.1 Å². The predicted molar refractivity (Wildman–Crippen MR) is 290 cm³/mol. The third kappa shape index (κ3) is 6.61. The molecule has 0 fully saturated rings. The number of hydrogen-bond donors (Lipinski definition) is 0. The summed E-state index contributed by atoms with van der Waals surface area (Å²) in [7, 11) is 0. The van der Waals surface area contributed by atoms with E-state index in [0.29, 0.717) is 0 Å². The maximum Gasteiger partial charge on any atom is 0.156 e. The van der Waals surface area contributed by atoms with Crippen molar-refractivity contribution in [2.24, 2.45) is 0 Å². The second-order valence-electron chi connectivity index (χ2n) is 18.1. The Morgan fingerprint density at radius 2 is 0.629 bits per heavy atom. The quantitative estimate of drug-likeness (QED) is 0.149. The van der Waals surface area contributed by atoms with Crippen molar-refractivity contribution in [3.63, 3.8) is 0 Å². The Morgan fingerprint density at radius 1 is 0.243 bits per heavy atom. The van der Waals surface area contributed by atoms with Crippen LogP contribution in [0.2, 0.25) is 0 Å². The number of nitrogens with zero attached hydrogens (tertiary/aromatic N) is 2. The molecule has 2 aliphatic rings. The molecule has 4 nitrogen and oxygen atoms in total. The number of benzene rings is 12. The summed E-state index contributed by atoms with van der Waals surface area (Å²) in [5, 5.41) is 7.56. The highest BCUT2D eigenvalue weighted by Crippen LogP contribution is 2.60. The van der Waals surface area contributed by atoms with Crippen LogP contribution in [0.3, 0.4) is 0 Å². The topological polar surface area (TPSA) is 24.9 Å². The molecule has 12 aromatic carbocycles. The first-order chi connectivity index (χ1) is 34.7. The fraction of sp³-hybridized carbons (Fsp3) is 0. The molecule has 0 N–H and O–H groups in total. The van der Waals surface area contributed by atoms with E-state index in [9.17, 15) is 0 Å². The maximum atomic E-state index is 6.57. The highest BCUT2D eigenvalue weighted by molar-refractivity contribution is 6.25. The Kier molecular flexibility index (Phi) is 9.17. The molecule has 0 unspecified atom stereocenters. The monoisotopic (exact) mass is 894 g/mol. The Bertz CT molecular complexity index is 3890. The summed E-state index contributed by atoms with van der Waals surface area (Å²) in [5.74, 6) is 3.17. The van der Waals surface area contributed by atoms with Crippen LogP contribution in [0.4, 0.5) is 34.1 Å². The summed E-state index contributed by atoms with van der Waals surface area (Å²) in [6, 6.07) is 91.2. The molecular formula is C66H42N2O2. The zero-order chi connectivity index (χ0) is 46.1. The van der Waals surface area contributed by atoms with Crippen LogP contribution in [-0.2, 0) is 0 Å². The van der Waals surface area contributed by atoms with E-state index in [1.807, 2.05) is 36.4 Å². The number of rotatable bonds is 7. The number of fused-ring (bicyclic) bond motifs is 10. The molecule has 0 radical (unpaired) electrons. The number of ether oxygens (including phenoxy) is 2. The average molecular weight is 895 g/mol. The Labute approximate surface area is 406 Å². The summed E-state index contributed by atoms with van der Waals surface area (Å²) in [4.78, 5) is 4.63. The lowest BCUT2D eigenvalue weighted by atomic mass is 9.94. The van der Waals surface area contributed by atoms with Gasteiger partial charge in [0.05, 0.1) is 11.4 Å². The molecule has 0 aromatic heterocycles. The van der Waals surface area contributed by atoms with Crippen molar-refractivity contribution < 1.29 is 9.47 Å². The van der Waals surface area contributed by atoms with Gasteiger partial charge in [0.15, 0.2) is 23.0 Å². The van der Waals surface area contributed by atoms with E-state index >= 15 is 0 Å². The van der Waals surface area contributed by atoms with E-state index in [0.717, 1.165) is 90.5 Å². The van der Waals surface area contributed by atoms with E-state index in [-0.39, 0.29) is 0 Å². The largest absolute Gasteiger partial charge is 0.453 e. The summed E-state index contributed by atoms with van der Waals surface area (Å²) in [6.07, 6.45) is 0. The van der Waals surface area contributed by atoms with Crippen molar-refractivity contribution in [1.82, 2.24) is 0 Å². The van der Waals surface area contributed by atoms with Gasteiger partial charge in [-0.15, -0.1) is 0 Å². The summed E-state index contributed by atoms with van der Waals surface area (Å²) < 4.78 is 13.1. The Balaban J connectivity index is 0.790. The molecule has 2 aliphatic heterocycles. The molecule has 12 aromatic rings. The SMILES string of the molecule is c1ccc(-c2ccc(N(c3ccc(-c4ccc(-c5cccc(-c6cc7c8c(c6)Oc6ccccc6N8c6ccccc6O7)c5)cc4)cc3)c3ccc4c5ccccc5c5ccccc5c4c3)cc2)cc1. The Morgan fingerprint density at radius 3 is 1.17 bits per heavy atom. The lowest BCUT2D eigenvalue weighted by Gasteiger charge is -2.38. The van der Waals surface area contributed by atoms with Crippen LogP contribution >= 0.6 is 0 Å². The normalized spacial score (nSPS) is 12.2. The molecular weight excluding hydrogens is 853 g/mol. The highest BCUT2D eigenvalue weighted by Gasteiger charge is 2.35. The maximum absolute atomic E-state index is 6.57. The van der Waals surface area contributed by atoms with Crippen molar-refractivity contribution in [2.45, 2.75) is 0 Å². The average Bonchev–Trinajstić information content (AvgIpc) is 3.44. The second kappa shape index (κ2) is 16.2. The summed E-state index contributed by atoms with van der Waals surface area (Å²) in [6.45, 7) is 0. The van der Waals surface area contributed by atoms with Crippen molar-refractivity contribution in [1.29, 1.82) is 0 Å². The van der Waals surface area contributed by atoms with E-state index < -0.39 is 0 Å². The van der Waals surface area contributed by atoms with Gasteiger partial charge in [-0.1, -0.05) is 176 Å². The molecule has 70 heavy (non-hydrogen) atoms. The van der Waals surface area contributed by atoms with Gasteiger partial charge in [-0.3, -0.25) is 4.90 Å². The number of hydrogen-bond acceptors (Lipinski definition) is 4. The van der Waals surface area contributed by atoms with Crippen LogP contribution in [0.25, 0.3) is 76.8 Å². The standard InChI is InChI=1S/C66H42N2O2/c1-2-13-43(14-3-1)45-29-33-51(34-30-45)67(53-37-38-58-56-19-5-4-17-54(56)55-18-6-7-20-57(55)59(58)42-53)52-35-31-46(32-36-52)44-25-27-47(28-26-44)48-15-12-16-49(39-48)50-40-64-66-65(41-50)70-63-24-11-9-22-61(63)68(66)60-21-8-10-23-62(60)69-64/h1-42H. The van der Waals surface area contributed by atoms with Gasteiger partial charge < -0.3 is 14.4 Å². The second-order valence-corrected chi connectivity index (χ2v) is 18.1. The van der Waals surface area contributed by atoms with Crippen LogP contribution in [0, 0.1) is 0 Å². The van der Waals surface area contributed by atoms with Crippen molar-refractivity contribution in [3.05, 3.63) is 255 Å². The van der Waals surface area contributed by atoms with Gasteiger partial charge in [-0.05, 0) is 156 Å². The molecule has 0 saturated carbocycles. The van der Waals surface area contributed by atoms with Crippen LogP contribution in [0.15, 0.2) is 255 Å². The van der Waals surface area contributed by atoms with Gasteiger partial charge in [-0.25, -0.2) is 0 Å². The summed E-state index contributed by atoms with van der Waals surface area (Å²) in [5.41, 5.74) is 15.3. The molecule has 0 atom stereocenters. The fourth-order valence-electron chi connectivity index (χ4n) is 10.6. The molecule has 0 bridgehead atoms. The summed E-state index contributed by atoms with van der Waals surface area (Å²) >= 11 is 0. The molecule has 4 heteroatoms. The number of anilines is 6. The van der Waals surface area contributed by atoms with E-state index in [2.05, 4.69) is 228 Å². The van der Waals surface area contributed by atoms with Gasteiger partial charge in [0.25, 0.3) is 0 Å². The van der Waals surface area contributed by atoms with Crippen molar-refractivity contribution in [3.8, 4) is 67.5 Å². The van der Waals surface area contributed by atoms with Crippen LogP contribution in [0.5, 0.6) is 23.0 Å². The minimum atomic E-state index is 0.769. The molecule has 0 aliphatic carbocycles. The predicted octanol–water partition coefficient (Wildman–Crippen LogP) is 19.0. The molecule has 0 saturated heterocycles. The van der Waals surface area contributed by atoms with Crippen molar-refractivity contribution in [2.75, 3.05) is 9.80 Å². The first-order valence-corrected chi connectivity index (χ1v) is 23.8. The van der Waals surface area contributed by atoms with Gasteiger partial charge in [0.1, 0.15) is 5.69 Å². The highest BCUT2D eigenvalue weighted by atomic mass is 16.5. The van der Waals surface area contributed by atoms with Gasteiger partial charge >= 0.3 is 0 Å². The zero-order valence-electron chi connectivity index (χ0n) is 38.0. The minimum Gasteiger partial charge on any atom is -0.453 e. The number of para-hydroxylation sites is 4. The van der Waals surface area contributed by atoms with E-state index in [1.165, 1.54) is 43.4 Å². The first-order valence-electron chi connectivity index (χ1n) is 23.8.